The molecule has 2 rings (SSSR count). The highest BCUT2D eigenvalue weighted by molar-refractivity contribution is 7.79. The zero-order valence-electron chi connectivity index (χ0n) is 11.5. The van der Waals surface area contributed by atoms with Crippen LogP contribution >= 0.6 is 12.6 Å². The molecule has 0 aliphatic heterocycles. The number of fused-ring (bicyclic) bond motifs is 1. The van der Waals surface area contributed by atoms with Crippen molar-refractivity contribution in [2.24, 2.45) is 5.16 Å². The highest BCUT2D eigenvalue weighted by Crippen LogP contribution is 2.24. The van der Waals surface area contributed by atoms with Crippen molar-refractivity contribution in [3.05, 3.63) is 40.2 Å². The minimum absolute atomic E-state index is 0.0672. The number of oxime groups is 1. The maximum Gasteiger partial charge on any atom is 0.437 e. The first-order chi connectivity index (χ1) is 10.4. The van der Waals surface area contributed by atoms with E-state index in [1.54, 1.807) is 6.26 Å². The van der Waals surface area contributed by atoms with Gasteiger partial charge >= 0.3 is 11.8 Å². The molecule has 2 aromatic rings. The zero-order valence-corrected chi connectivity index (χ0v) is 12.4. The van der Waals surface area contributed by atoms with Crippen LogP contribution in [0, 0.1) is 0 Å². The van der Waals surface area contributed by atoms with Gasteiger partial charge in [-0.05, 0) is 24.5 Å². The Morgan fingerprint density at radius 3 is 2.45 bits per heavy atom. The number of hydrogen-bond donors (Lipinski definition) is 2. The summed E-state index contributed by atoms with van der Waals surface area (Å²) >= 11 is 3.53. The molecule has 120 valence electrons. The number of rotatable bonds is 2. The van der Waals surface area contributed by atoms with Crippen LogP contribution in [0.1, 0.15) is 5.56 Å². The van der Waals surface area contributed by atoms with E-state index in [0.717, 1.165) is 6.07 Å². The summed E-state index contributed by atoms with van der Waals surface area (Å²) in [6, 6.07) is 5.23. The minimum atomic E-state index is -4.97. The Kier molecular flexibility index (Phi) is 5.86. The van der Waals surface area contributed by atoms with E-state index in [1.165, 1.54) is 25.3 Å². The first-order valence-electron chi connectivity index (χ1n) is 5.73. The molecule has 1 aromatic heterocycles. The van der Waals surface area contributed by atoms with Crippen molar-refractivity contribution in [1.82, 2.24) is 0 Å². The maximum absolute atomic E-state index is 12.6. The summed E-state index contributed by atoms with van der Waals surface area (Å²) < 4.78 is 47.5. The lowest BCUT2D eigenvalue weighted by atomic mass is 10.1. The number of thiol groups is 1. The number of alkyl halides is 3. The fraction of sp³-hybridized carbons (Fsp3) is 0.231. The SMILES string of the molecule is COc1ccc2cc(/C(=N\O)C(F)(F)F)c(=O)oc2c1.CS. The smallest absolute Gasteiger partial charge is 0.437 e. The number of halogens is 3. The van der Waals surface area contributed by atoms with Crippen LogP contribution in [-0.2, 0) is 0 Å². The molecule has 1 heterocycles. The van der Waals surface area contributed by atoms with E-state index in [1.807, 2.05) is 0 Å². The van der Waals surface area contributed by atoms with Gasteiger partial charge in [-0.15, -0.1) is 0 Å². The van der Waals surface area contributed by atoms with Crippen LogP contribution in [0.3, 0.4) is 0 Å². The molecule has 0 amide bonds. The lowest BCUT2D eigenvalue weighted by Crippen LogP contribution is -2.29. The van der Waals surface area contributed by atoms with Crippen LogP contribution in [0.15, 0.2) is 38.6 Å². The van der Waals surface area contributed by atoms with Crippen molar-refractivity contribution in [1.29, 1.82) is 0 Å². The molecule has 0 atom stereocenters. The predicted molar refractivity (Wildman–Crippen MR) is 78.3 cm³/mol. The Bertz CT molecular complexity index is 740. The van der Waals surface area contributed by atoms with Gasteiger partial charge in [0.05, 0.1) is 12.7 Å². The van der Waals surface area contributed by atoms with Crippen LogP contribution in [0.25, 0.3) is 11.0 Å². The molecule has 0 fully saturated rings. The fourth-order valence-electron chi connectivity index (χ4n) is 1.65. The molecule has 1 aromatic carbocycles. The summed E-state index contributed by atoms with van der Waals surface area (Å²) in [5.74, 6) is 0.389. The average Bonchev–Trinajstić information content (AvgIpc) is 2.48. The van der Waals surface area contributed by atoms with Crippen molar-refractivity contribution in [2.75, 3.05) is 13.4 Å². The van der Waals surface area contributed by atoms with Crippen molar-refractivity contribution >= 4 is 29.3 Å². The Hall–Kier alpha value is -2.16. The third kappa shape index (κ3) is 3.73. The summed E-state index contributed by atoms with van der Waals surface area (Å²) in [5.41, 5.74) is -3.75. The topological polar surface area (TPSA) is 72.0 Å². The van der Waals surface area contributed by atoms with Gasteiger partial charge in [-0.2, -0.15) is 25.8 Å². The minimum Gasteiger partial charge on any atom is -0.497 e. The largest absolute Gasteiger partial charge is 0.497 e. The molecule has 0 aliphatic carbocycles. The monoisotopic (exact) mass is 335 g/mol. The van der Waals surface area contributed by atoms with Crippen LogP contribution in [-0.4, -0.2) is 30.5 Å². The average molecular weight is 335 g/mol. The quantitative estimate of drug-likeness (QED) is 0.291. The second-order valence-corrected chi connectivity index (χ2v) is 3.80. The second kappa shape index (κ2) is 7.21. The summed E-state index contributed by atoms with van der Waals surface area (Å²) in [4.78, 5) is 11.6. The van der Waals surface area contributed by atoms with E-state index in [9.17, 15) is 18.0 Å². The van der Waals surface area contributed by atoms with Gasteiger partial charge in [0, 0.05) is 11.5 Å². The van der Waals surface area contributed by atoms with E-state index in [0.29, 0.717) is 5.75 Å². The molecule has 0 spiro atoms. The first-order valence-corrected chi connectivity index (χ1v) is 6.62. The molecule has 22 heavy (non-hydrogen) atoms. The Morgan fingerprint density at radius 2 is 1.95 bits per heavy atom. The van der Waals surface area contributed by atoms with Crippen molar-refractivity contribution in [3.63, 3.8) is 0 Å². The summed E-state index contributed by atoms with van der Waals surface area (Å²) in [6.07, 6.45) is -3.27. The first kappa shape index (κ1) is 17.9. The molecule has 9 heteroatoms. The van der Waals surface area contributed by atoms with Gasteiger partial charge in [0.25, 0.3) is 0 Å². The third-order valence-corrected chi connectivity index (χ3v) is 2.57. The third-order valence-electron chi connectivity index (χ3n) is 2.57. The van der Waals surface area contributed by atoms with E-state index >= 15 is 0 Å². The number of hydrogen-bond acceptors (Lipinski definition) is 6. The van der Waals surface area contributed by atoms with Crippen LogP contribution in [0.5, 0.6) is 5.75 Å². The second-order valence-electron chi connectivity index (χ2n) is 3.80. The van der Waals surface area contributed by atoms with Gasteiger partial charge in [0.1, 0.15) is 11.3 Å². The maximum atomic E-state index is 12.6. The Morgan fingerprint density at radius 1 is 1.32 bits per heavy atom. The van der Waals surface area contributed by atoms with E-state index in [2.05, 4.69) is 17.8 Å². The molecule has 0 bridgehead atoms. The van der Waals surface area contributed by atoms with Gasteiger partial charge in [-0.25, -0.2) is 4.79 Å². The van der Waals surface area contributed by atoms with Crippen LogP contribution in [0.4, 0.5) is 13.2 Å². The number of methoxy groups -OCH3 is 1. The molecule has 1 N–H and O–H groups in total. The molecular formula is C13H12F3NO4S. The normalized spacial score (nSPS) is 11.8. The Balaban J connectivity index is 0.00000116. The zero-order chi connectivity index (χ0) is 16.9. The van der Waals surface area contributed by atoms with Crippen LogP contribution < -0.4 is 10.4 Å². The predicted octanol–water partition coefficient (Wildman–Crippen LogP) is 3.09. The van der Waals surface area contributed by atoms with Gasteiger partial charge in [-0.3, -0.25) is 0 Å². The Labute approximate surface area is 128 Å². The fourth-order valence-corrected chi connectivity index (χ4v) is 1.65. The van der Waals surface area contributed by atoms with Gasteiger partial charge in [0.2, 0.25) is 0 Å². The summed E-state index contributed by atoms with van der Waals surface area (Å²) in [5, 5.41) is 10.8. The number of nitrogens with zero attached hydrogens (tertiary/aromatic N) is 1. The number of benzene rings is 1. The highest BCUT2D eigenvalue weighted by atomic mass is 32.1. The molecule has 5 nitrogen and oxygen atoms in total. The molecule has 0 aliphatic rings. The van der Waals surface area contributed by atoms with Crippen LogP contribution in [0.2, 0.25) is 0 Å². The van der Waals surface area contributed by atoms with Crippen molar-refractivity contribution in [3.8, 4) is 5.75 Å². The van der Waals surface area contributed by atoms with E-state index < -0.39 is 23.1 Å². The van der Waals surface area contributed by atoms with Crippen molar-refractivity contribution in [2.45, 2.75) is 6.18 Å². The van der Waals surface area contributed by atoms with E-state index in [4.69, 9.17) is 14.4 Å². The summed E-state index contributed by atoms with van der Waals surface area (Å²) in [6.45, 7) is 0. The molecular weight excluding hydrogens is 323 g/mol. The van der Waals surface area contributed by atoms with E-state index in [-0.39, 0.29) is 11.0 Å². The lowest BCUT2D eigenvalue weighted by Gasteiger charge is -2.08. The molecule has 0 saturated carbocycles. The highest BCUT2D eigenvalue weighted by Gasteiger charge is 2.39. The molecule has 0 radical (unpaired) electrons. The van der Waals surface area contributed by atoms with Gasteiger partial charge in [0.15, 0.2) is 5.71 Å². The standard InChI is InChI=1S/C12H8F3NO4.CH4S/c1-19-7-3-2-6-4-8(10(16-18)12(13,14)15)11(17)20-9(6)5-7;1-2/h2-5,18H,1H3;2H,1H3/b16-10+;. The number of ether oxygens (including phenoxy) is 1. The van der Waals surface area contributed by atoms with Crippen molar-refractivity contribution < 1.29 is 27.5 Å². The van der Waals surface area contributed by atoms with Gasteiger partial charge in [-0.1, -0.05) is 5.16 Å². The van der Waals surface area contributed by atoms with Gasteiger partial charge < -0.3 is 14.4 Å². The lowest BCUT2D eigenvalue weighted by molar-refractivity contribution is -0.0602. The molecule has 0 saturated heterocycles. The summed E-state index contributed by atoms with van der Waals surface area (Å²) in [7, 11) is 1.40. The molecule has 0 unspecified atom stereocenters.